The summed E-state index contributed by atoms with van der Waals surface area (Å²) in [6.07, 6.45) is 4.97. The predicted molar refractivity (Wildman–Crippen MR) is 56.4 cm³/mol. The van der Waals surface area contributed by atoms with Gasteiger partial charge in [-0.1, -0.05) is 0 Å². The van der Waals surface area contributed by atoms with Crippen LogP contribution in [0.25, 0.3) is 0 Å². The van der Waals surface area contributed by atoms with Gasteiger partial charge in [0.05, 0.1) is 6.04 Å². The second-order valence-electron chi connectivity index (χ2n) is 5.72. The Hall–Kier alpha value is -0.155. The van der Waals surface area contributed by atoms with Crippen LogP contribution < -0.4 is 0 Å². The van der Waals surface area contributed by atoms with Crippen molar-refractivity contribution in [1.29, 1.82) is 0 Å². The lowest BCUT2D eigenvalue weighted by Gasteiger charge is -2.58. The highest BCUT2D eigenvalue weighted by molar-refractivity contribution is 6.55. The molecule has 86 valence electrons. The van der Waals surface area contributed by atoms with Crippen molar-refractivity contribution in [3.63, 3.8) is 0 Å². The number of fused-ring (bicyclic) bond motifs is 2. The molecule has 0 saturated carbocycles. The Morgan fingerprint density at radius 2 is 2.07 bits per heavy atom. The van der Waals surface area contributed by atoms with Crippen molar-refractivity contribution in [2.24, 2.45) is 0 Å². The predicted octanol–water partition coefficient (Wildman–Crippen LogP) is 1.84. The van der Waals surface area contributed by atoms with Crippen molar-refractivity contribution in [1.82, 2.24) is 4.81 Å². The number of nitrogens with zero attached hydrogens (tertiary/aromatic N) is 2. The first-order valence-electron chi connectivity index (χ1n) is 6.18. The zero-order valence-corrected chi connectivity index (χ0v) is 9.33. The summed E-state index contributed by atoms with van der Waals surface area (Å²) in [4.78, 5) is 1.54. The molecule has 3 fully saturated rings. The zero-order valence-electron chi connectivity index (χ0n) is 9.33. The summed E-state index contributed by atoms with van der Waals surface area (Å²) in [5.41, 5.74) is 0. The van der Waals surface area contributed by atoms with Crippen LogP contribution in [0.1, 0.15) is 32.1 Å². The number of hydrogen-bond donors (Lipinski definition) is 0. The van der Waals surface area contributed by atoms with Crippen LogP contribution in [-0.2, 0) is 0 Å². The monoisotopic (exact) mass is 216 g/mol. The van der Waals surface area contributed by atoms with E-state index in [1.54, 1.807) is 11.9 Å². The van der Waals surface area contributed by atoms with Crippen LogP contribution in [0, 0.1) is 0 Å². The third-order valence-corrected chi connectivity index (χ3v) is 5.09. The Balaban J connectivity index is 1.99. The normalized spacial score (nSPS) is 49.0. The molecule has 0 spiro atoms. The highest BCUT2D eigenvalue weighted by Crippen LogP contribution is 2.46. The van der Waals surface area contributed by atoms with Gasteiger partial charge in [0.1, 0.15) is 0 Å². The standard InChI is InChI=1S/C10H19BF2N2/c1-15-7-3-5-10(15)8-9-4-2-6-14(9)11(15,12)13/h9-10H,2-8H2,1H3. The highest BCUT2D eigenvalue weighted by atomic mass is 19.2. The molecular formula is C10H19BF2N2. The van der Waals surface area contributed by atoms with Crippen LogP contribution in [0.15, 0.2) is 0 Å². The molecule has 0 N–H and O–H groups in total. The average molecular weight is 216 g/mol. The Bertz CT molecular complexity index is 287. The fourth-order valence-corrected chi connectivity index (χ4v) is 4.09. The van der Waals surface area contributed by atoms with E-state index in [9.17, 15) is 8.63 Å². The van der Waals surface area contributed by atoms with Crippen molar-refractivity contribution in [2.75, 3.05) is 20.1 Å². The van der Waals surface area contributed by atoms with Gasteiger partial charge in [-0.3, -0.25) is 0 Å². The van der Waals surface area contributed by atoms with Crippen LogP contribution in [0.5, 0.6) is 0 Å². The van der Waals surface area contributed by atoms with Crippen molar-refractivity contribution in [3.05, 3.63) is 0 Å². The molecule has 5 heteroatoms. The number of hydrogen-bond acceptors (Lipinski definition) is 1. The third kappa shape index (κ3) is 1.11. The Morgan fingerprint density at radius 1 is 1.27 bits per heavy atom. The Morgan fingerprint density at radius 3 is 2.87 bits per heavy atom. The molecule has 0 aliphatic carbocycles. The quantitative estimate of drug-likeness (QED) is 0.558. The molecule has 0 radical (unpaired) electrons. The van der Waals surface area contributed by atoms with E-state index in [2.05, 4.69) is 0 Å². The van der Waals surface area contributed by atoms with Gasteiger partial charge in [-0.05, 0) is 31.8 Å². The number of quaternary nitrogens is 1. The van der Waals surface area contributed by atoms with Gasteiger partial charge in [-0.25, -0.2) is 0 Å². The van der Waals surface area contributed by atoms with Crippen LogP contribution in [-0.4, -0.2) is 48.4 Å². The second kappa shape index (κ2) is 2.95. The SMILES string of the molecule is C[N+]12CCCC1CC1CCCN1[B-]2(F)F. The Labute approximate surface area is 89.9 Å². The van der Waals surface area contributed by atoms with Gasteiger partial charge in [0, 0.05) is 26.4 Å². The molecule has 0 aromatic heterocycles. The van der Waals surface area contributed by atoms with E-state index in [0.717, 1.165) is 32.1 Å². The largest absolute Gasteiger partial charge is 0.627 e. The van der Waals surface area contributed by atoms with Crippen molar-refractivity contribution >= 4 is 6.97 Å². The molecule has 15 heavy (non-hydrogen) atoms. The lowest BCUT2D eigenvalue weighted by Crippen LogP contribution is -2.76. The molecule has 0 amide bonds. The van der Waals surface area contributed by atoms with E-state index in [0.29, 0.717) is 13.1 Å². The first kappa shape index (κ1) is 10.0. The molecule has 3 saturated heterocycles. The van der Waals surface area contributed by atoms with Crippen LogP contribution in [0.4, 0.5) is 8.63 Å². The Kier molecular flexibility index (Phi) is 1.97. The first-order valence-corrected chi connectivity index (χ1v) is 6.18. The van der Waals surface area contributed by atoms with Gasteiger partial charge in [-0.2, -0.15) is 0 Å². The van der Waals surface area contributed by atoms with E-state index in [1.807, 2.05) is 0 Å². The minimum Gasteiger partial charge on any atom is -0.440 e. The minimum absolute atomic E-state index is 0.0521. The van der Waals surface area contributed by atoms with Crippen LogP contribution in [0.3, 0.4) is 0 Å². The summed E-state index contributed by atoms with van der Waals surface area (Å²) < 4.78 is 29.0. The molecule has 3 aliphatic heterocycles. The van der Waals surface area contributed by atoms with Gasteiger partial charge in [-0.15, -0.1) is 0 Å². The molecular weight excluding hydrogens is 197 g/mol. The maximum atomic E-state index is 14.5. The second-order valence-corrected chi connectivity index (χ2v) is 5.72. The summed E-state index contributed by atoms with van der Waals surface area (Å²) in [7, 11) is 1.78. The number of halogens is 2. The molecule has 3 aliphatic rings. The van der Waals surface area contributed by atoms with Crippen LogP contribution in [0.2, 0.25) is 0 Å². The van der Waals surface area contributed by atoms with Gasteiger partial charge in [0.25, 0.3) is 0 Å². The van der Waals surface area contributed by atoms with E-state index in [-0.39, 0.29) is 16.5 Å². The van der Waals surface area contributed by atoms with E-state index < -0.39 is 6.97 Å². The lowest BCUT2D eigenvalue weighted by atomic mass is 9.77. The molecule has 3 rings (SSSR count). The lowest BCUT2D eigenvalue weighted by molar-refractivity contribution is -0.847. The van der Waals surface area contributed by atoms with E-state index >= 15 is 0 Å². The molecule has 3 atom stereocenters. The van der Waals surface area contributed by atoms with Crippen molar-refractivity contribution < 1.29 is 13.0 Å². The average Bonchev–Trinajstić information content (AvgIpc) is 2.74. The smallest absolute Gasteiger partial charge is 0.440 e. The van der Waals surface area contributed by atoms with Crippen molar-refractivity contribution in [3.8, 4) is 0 Å². The third-order valence-electron chi connectivity index (χ3n) is 5.09. The first-order chi connectivity index (χ1) is 7.06. The van der Waals surface area contributed by atoms with Gasteiger partial charge in [0.2, 0.25) is 0 Å². The molecule has 0 bridgehead atoms. The molecule has 2 nitrogen and oxygen atoms in total. The highest BCUT2D eigenvalue weighted by Gasteiger charge is 2.63. The molecule has 3 heterocycles. The fraction of sp³-hybridized carbons (Fsp3) is 1.00. The van der Waals surface area contributed by atoms with Crippen LogP contribution >= 0.6 is 0 Å². The van der Waals surface area contributed by atoms with E-state index in [4.69, 9.17) is 0 Å². The molecule has 0 aromatic rings. The van der Waals surface area contributed by atoms with Crippen molar-refractivity contribution in [2.45, 2.75) is 44.2 Å². The molecule has 0 aromatic carbocycles. The number of rotatable bonds is 0. The zero-order chi connectivity index (χ0) is 10.7. The van der Waals surface area contributed by atoms with E-state index in [1.165, 1.54) is 0 Å². The minimum atomic E-state index is -3.33. The van der Waals surface area contributed by atoms with Gasteiger partial charge < -0.3 is 17.8 Å². The van der Waals surface area contributed by atoms with Gasteiger partial charge >= 0.3 is 6.97 Å². The maximum Gasteiger partial charge on any atom is 0.627 e. The summed E-state index contributed by atoms with van der Waals surface area (Å²) in [6, 6.07) is 0.425. The summed E-state index contributed by atoms with van der Waals surface area (Å²) in [6.45, 7) is -2.02. The maximum absolute atomic E-state index is 14.5. The summed E-state index contributed by atoms with van der Waals surface area (Å²) in [5.74, 6) is 0. The summed E-state index contributed by atoms with van der Waals surface area (Å²) >= 11 is 0. The van der Waals surface area contributed by atoms with Gasteiger partial charge in [0.15, 0.2) is 0 Å². The topological polar surface area (TPSA) is 3.24 Å². The molecule has 3 unspecified atom stereocenters. The summed E-state index contributed by atoms with van der Waals surface area (Å²) in [5, 5.41) is 0. The fourth-order valence-electron chi connectivity index (χ4n) is 4.09.